The van der Waals surface area contributed by atoms with Gasteiger partial charge in [0.25, 0.3) is 0 Å². The third kappa shape index (κ3) is 4.16. The number of aldehydes is 1. The zero-order chi connectivity index (χ0) is 18.7. The highest BCUT2D eigenvalue weighted by Gasteiger charge is 2.30. The van der Waals surface area contributed by atoms with Crippen LogP contribution >= 0.6 is 11.8 Å². The number of benzene rings is 2. The average molecular weight is 377 g/mol. The number of nitrogens with zero attached hydrogens (tertiary/aromatic N) is 1. The highest BCUT2D eigenvalue weighted by Crippen LogP contribution is 2.35. The van der Waals surface area contributed by atoms with Gasteiger partial charge in [0.1, 0.15) is 6.29 Å². The van der Waals surface area contributed by atoms with Gasteiger partial charge in [-0.05, 0) is 48.9 Å². The molecule has 1 heterocycles. The SMILES string of the molecule is Cc1nc(-c2ccc(C(F)(F)F)cc2)oc1Sc1cccc(CC=O)c1. The predicted octanol–water partition coefficient (Wildman–Crippen LogP) is 5.56. The molecule has 0 N–H and O–H groups in total. The van der Waals surface area contributed by atoms with Crippen molar-refractivity contribution in [2.24, 2.45) is 0 Å². The monoisotopic (exact) mass is 377 g/mol. The van der Waals surface area contributed by atoms with Gasteiger partial charge in [0.15, 0.2) is 5.09 Å². The molecule has 3 aromatic rings. The number of aromatic nitrogens is 1. The van der Waals surface area contributed by atoms with Crippen molar-refractivity contribution in [2.45, 2.75) is 29.5 Å². The fourth-order valence-electron chi connectivity index (χ4n) is 2.34. The Labute approximate surface area is 152 Å². The number of hydrogen-bond acceptors (Lipinski definition) is 4. The van der Waals surface area contributed by atoms with E-state index in [1.807, 2.05) is 24.3 Å². The van der Waals surface area contributed by atoms with E-state index in [-0.39, 0.29) is 5.89 Å². The lowest BCUT2D eigenvalue weighted by Crippen LogP contribution is -2.03. The highest BCUT2D eigenvalue weighted by molar-refractivity contribution is 7.99. The summed E-state index contributed by atoms with van der Waals surface area (Å²) in [5.41, 5.74) is 1.30. The van der Waals surface area contributed by atoms with Gasteiger partial charge in [-0.15, -0.1) is 0 Å². The second-order valence-electron chi connectivity index (χ2n) is 5.59. The van der Waals surface area contributed by atoms with Crippen LogP contribution in [0.3, 0.4) is 0 Å². The van der Waals surface area contributed by atoms with Crippen LogP contribution in [0.5, 0.6) is 0 Å². The summed E-state index contributed by atoms with van der Waals surface area (Å²) in [7, 11) is 0. The van der Waals surface area contributed by atoms with E-state index in [2.05, 4.69) is 4.98 Å². The minimum atomic E-state index is -4.38. The van der Waals surface area contributed by atoms with Crippen molar-refractivity contribution >= 4 is 18.0 Å². The van der Waals surface area contributed by atoms with E-state index in [0.29, 0.717) is 22.8 Å². The van der Waals surface area contributed by atoms with E-state index in [9.17, 15) is 18.0 Å². The molecular weight excluding hydrogens is 363 g/mol. The van der Waals surface area contributed by atoms with Gasteiger partial charge in [0, 0.05) is 16.9 Å². The van der Waals surface area contributed by atoms with Gasteiger partial charge in [-0.2, -0.15) is 13.2 Å². The lowest BCUT2D eigenvalue weighted by molar-refractivity contribution is -0.137. The largest absolute Gasteiger partial charge is 0.429 e. The molecule has 0 aliphatic rings. The average Bonchev–Trinajstić information content (AvgIpc) is 2.96. The van der Waals surface area contributed by atoms with Gasteiger partial charge in [0.05, 0.1) is 11.3 Å². The van der Waals surface area contributed by atoms with E-state index in [1.165, 1.54) is 23.9 Å². The van der Waals surface area contributed by atoms with Gasteiger partial charge in [0.2, 0.25) is 5.89 Å². The molecule has 7 heteroatoms. The van der Waals surface area contributed by atoms with Crippen LogP contribution in [0.1, 0.15) is 16.8 Å². The van der Waals surface area contributed by atoms with Crippen LogP contribution < -0.4 is 0 Å². The van der Waals surface area contributed by atoms with E-state index >= 15 is 0 Å². The summed E-state index contributed by atoms with van der Waals surface area (Å²) in [5, 5.41) is 0.558. The first-order valence-electron chi connectivity index (χ1n) is 7.72. The molecule has 2 aromatic carbocycles. The lowest BCUT2D eigenvalue weighted by atomic mass is 10.1. The number of hydrogen-bond donors (Lipinski definition) is 0. The van der Waals surface area contributed by atoms with Gasteiger partial charge in [-0.3, -0.25) is 0 Å². The van der Waals surface area contributed by atoms with Crippen molar-refractivity contribution in [2.75, 3.05) is 0 Å². The summed E-state index contributed by atoms with van der Waals surface area (Å²) in [5.74, 6) is 0.266. The Hall–Kier alpha value is -2.54. The van der Waals surface area contributed by atoms with Gasteiger partial charge < -0.3 is 9.21 Å². The number of rotatable bonds is 5. The van der Waals surface area contributed by atoms with E-state index in [1.54, 1.807) is 6.92 Å². The minimum absolute atomic E-state index is 0.266. The maximum atomic E-state index is 12.7. The molecule has 0 spiro atoms. The molecule has 0 aliphatic carbocycles. The third-order valence-electron chi connectivity index (χ3n) is 3.64. The van der Waals surface area contributed by atoms with E-state index in [4.69, 9.17) is 4.42 Å². The molecule has 0 atom stereocenters. The van der Waals surface area contributed by atoms with E-state index in [0.717, 1.165) is 28.9 Å². The number of halogens is 3. The molecule has 0 saturated carbocycles. The quantitative estimate of drug-likeness (QED) is 0.546. The molecule has 0 saturated heterocycles. The lowest BCUT2D eigenvalue weighted by Gasteiger charge is -2.06. The predicted molar refractivity (Wildman–Crippen MR) is 92.0 cm³/mol. The van der Waals surface area contributed by atoms with E-state index < -0.39 is 11.7 Å². The normalized spacial score (nSPS) is 11.5. The second kappa shape index (κ2) is 7.37. The number of carbonyl (C=O) groups is 1. The van der Waals surface area contributed by atoms with Gasteiger partial charge in [-0.1, -0.05) is 23.9 Å². The zero-order valence-electron chi connectivity index (χ0n) is 13.7. The molecule has 3 nitrogen and oxygen atoms in total. The van der Waals surface area contributed by atoms with Crippen LogP contribution in [-0.2, 0) is 17.4 Å². The smallest absolute Gasteiger partial charge is 0.416 e. The van der Waals surface area contributed by atoms with Crippen LogP contribution in [0.2, 0.25) is 0 Å². The first-order valence-corrected chi connectivity index (χ1v) is 8.54. The number of oxazole rings is 1. The van der Waals surface area contributed by atoms with Gasteiger partial charge >= 0.3 is 6.18 Å². The van der Waals surface area contributed by atoms with Crippen molar-refractivity contribution in [3.63, 3.8) is 0 Å². The summed E-state index contributed by atoms with van der Waals surface area (Å²) in [6.45, 7) is 1.77. The molecule has 0 bridgehead atoms. The Morgan fingerprint density at radius 1 is 1.15 bits per heavy atom. The van der Waals surface area contributed by atoms with Crippen LogP contribution in [0, 0.1) is 6.92 Å². The maximum absolute atomic E-state index is 12.7. The molecule has 1 aromatic heterocycles. The Bertz CT molecular complexity index is 917. The van der Waals surface area contributed by atoms with Crippen LogP contribution in [-0.4, -0.2) is 11.3 Å². The maximum Gasteiger partial charge on any atom is 0.416 e. The summed E-state index contributed by atoms with van der Waals surface area (Å²) in [4.78, 5) is 15.8. The van der Waals surface area contributed by atoms with Crippen molar-refractivity contribution in [3.05, 3.63) is 65.4 Å². The molecule has 0 fully saturated rings. The second-order valence-corrected chi connectivity index (χ2v) is 6.63. The molecular formula is C19H14F3NO2S. The summed E-state index contributed by atoms with van der Waals surface area (Å²) >= 11 is 1.35. The fourth-order valence-corrected chi connectivity index (χ4v) is 3.23. The van der Waals surface area contributed by atoms with Crippen molar-refractivity contribution in [3.8, 4) is 11.5 Å². The number of carbonyl (C=O) groups excluding carboxylic acids is 1. The van der Waals surface area contributed by atoms with Crippen molar-refractivity contribution in [1.82, 2.24) is 4.98 Å². The zero-order valence-corrected chi connectivity index (χ0v) is 14.5. The third-order valence-corrected chi connectivity index (χ3v) is 4.70. The Morgan fingerprint density at radius 3 is 2.54 bits per heavy atom. The molecule has 26 heavy (non-hydrogen) atoms. The molecule has 0 aliphatic heterocycles. The fraction of sp³-hybridized carbons (Fsp3) is 0.158. The topological polar surface area (TPSA) is 43.1 Å². The van der Waals surface area contributed by atoms with Crippen molar-refractivity contribution < 1.29 is 22.4 Å². The Kier molecular flexibility index (Phi) is 5.18. The minimum Gasteiger partial charge on any atom is -0.429 e. The first-order chi connectivity index (χ1) is 12.4. The van der Waals surface area contributed by atoms with Crippen LogP contribution in [0.25, 0.3) is 11.5 Å². The standard InChI is InChI=1S/C19H14F3NO2S/c1-12-18(26-16-4-2-3-13(11-16)9-10-24)25-17(23-12)14-5-7-15(8-6-14)19(20,21)22/h2-8,10-11H,9H2,1H3. The Balaban J connectivity index is 1.83. The Morgan fingerprint density at radius 2 is 1.88 bits per heavy atom. The van der Waals surface area contributed by atoms with Crippen LogP contribution in [0.4, 0.5) is 13.2 Å². The summed E-state index contributed by atoms with van der Waals surface area (Å²) in [6.07, 6.45) is -3.20. The van der Waals surface area contributed by atoms with Crippen molar-refractivity contribution in [1.29, 1.82) is 0 Å². The number of alkyl halides is 3. The molecule has 0 unspecified atom stereocenters. The first kappa shape index (κ1) is 18.3. The molecule has 134 valence electrons. The summed E-state index contributed by atoms with van der Waals surface area (Å²) in [6, 6.07) is 12.2. The number of aryl methyl sites for hydroxylation is 1. The summed E-state index contributed by atoms with van der Waals surface area (Å²) < 4.78 is 43.7. The molecule has 0 amide bonds. The molecule has 3 rings (SSSR count). The van der Waals surface area contributed by atoms with Crippen LogP contribution in [0.15, 0.2) is 62.9 Å². The highest BCUT2D eigenvalue weighted by atomic mass is 32.2. The molecule has 0 radical (unpaired) electrons. The van der Waals surface area contributed by atoms with Gasteiger partial charge in [-0.25, -0.2) is 4.98 Å².